The predicted molar refractivity (Wildman–Crippen MR) is 76.9 cm³/mol. The minimum absolute atomic E-state index is 0. The van der Waals surface area contributed by atoms with Gasteiger partial charge in [-0.25, -0.2) is 9.59 Å². The summed E-state index contributed by atoms with van der Waals surface area (Å²) in [6.45, 7) is 0. The van der Waals surface area contributed by atoms with E-state index in [1.54, 1.807) is 0 Å². The Bertz CT molecular complexity index is 670. The molecule has 193 valence electrons. The van der Waals surface area contributed by atoms with Crippen molar-refractivity contribution in [2.24, 2.45) is 0 Å². The topological polar surface area (TPSA) is 333 Å². The molecule has 0 amide bonds. The molecule has 0 aromatic heterocycles. The predicted octanol–water partition coefficient (Wildman–Crippen LogP) is -2.98. The summed E-state index contributed by atoms with van der Waals surface area (Å²) in [5.41, 5.74) is -5.48. The zero-order chi connectivity index (χ0) is 26.7. The molecule has 0 fully saturated rings. The van der Waals surface area contributed by atoms with Crippen LogP contribution in [0.5, 0.6) is 0 Å². The molecular weight excluding hydrogens is 683 g/mol. The summed E-state index contributed by atoms with van der Waals surface area (Å²) in [7, 11) is 0. The van der Waals surface area contributed by atoms with Gasteiger partial charge in [-0.15, -0.1) is 0 Å². The molecule has 0 aliphatic heterocycles. The van der Waals surface area contributed by atoms with Gasteiger partial charge in [-0.2, -0.15) is 0 Å². The van der Waals surface area contributed by atoms with E-state index in [-0.39, 0.29) is 16.8 Å². The third-order valence-corrected chi connectivity index (χ3v) is 2.57. The summed E-state index contributed by atoms with van der Waals surface area (Å²) in [5, 5.41) is 67.6. The second-order valence-electron chi connectivity index (χ2n) is 5.09. The maximum absolute atomic E-state index is 10.3. The van der Waals surface area contributed by atoms with Crippen LogP contribution in [0, 0.1) is 0 Å². The van der Waals surface area contributed by atoms with E-state index in [4.69, 9.17) is 54.4 Å². The van der Waals surface area contributed by atoms with Crippen LogP contribution in [-0.4, -0.2) is 87.9 Å². The molecule has 0 aliphatic rings. The van der Waals surface area contributed by atoms with Crippen molar-refractivity contribution in [1.29, 1.82) is 0 Å². The van der Waals surface area contributed by atoms with Gasteiger partial charge >= 0.3 is 86.4 Å². The molecule has 0 heterocycles. The quantitative estimate of drug-likeness (QED) is 0.105. The second kappa shape index (κ2) is 21.7. The van der Waals surface area contributed by atoms with E-state index in [2.05, 4.69) is 0 Å². The Balaban J connectivity index is -0.000000124. The third-order valence-electron chi connectivity index (χ3n) is 2.57. The summed E-state index contributed by atoms with van der Waals surface area (Å²) in [6, 6.07) is 0. The fourth-order valence-corrected chi connectivity index (χ4v) is 1.43. The average Bonchev–Trinajstić information content (AvgIpc) is 2.53. The van der Waals surface area contributed by atoms with Crippen LogP contribution in [-0.2, 0) is 96.1 Å². The molecule has 18 nitrogen and oxygen atoms in total. The Kier molecular flexibility index (Phi) is 27.0. The van der Waals surface area contributed by atoms with Crippen LogP contribution in [0.15, 0.2) is 0 Å². The average molecular weight is 699 g/mol. The third kappa shape index (κ3) is 26.0. The van der Waals surface area contributed by atoms with Gasteiger partial charge in [-0.3, -0.25) is 19.2 Å². The Morgan fingerprint density at radius 2 is 0.606 bits per heavy atom. The van der Waals surface area contributed by atoms with Gasteiger partial charge in [0.2, 0.25) is 0 Å². The molecule has 0 aromatic rings. The number of rotatable bonds is 10. The summed E-state index contributed by atoms with van der Waals surface area (Å²) in [6.07, 6.45) is -4.58. The molecule has 0 saturated heterocycles. The number of aliphatic hydroxyl groups is 2. The molecular formula is C12H16CoMo2O18. The number of aliphatic carboxylic acids is 6. The summed E-state index contributed by atoms with van der Waals surface area (Å²) < 4.78 is 34.0. The van der Waals surface area contributed by atoms with Crippen molar-refractivity contribution in [1.82, 2.24) is 0 Å². The monoisotopic (exact) mass is 703 g/mol. The zero-order valence-electron chi connectivity index (χ0n) is 15.6. The van der Waals surface area contributed by atoms with Crippen LogP contribution in [0.1, 0.15) is 25.7 Å². The molecule has 0 atom stereocenters. The first-order valence-electron chi connectivity index (χ1n) is 7.01. The molecule has 0 saturated carbocycles. The van der Waals surface area contributed by atoms with Crippen molar-refractivity contribution in [2.75, 3.05) is 0 Å². The van der Waals surface area contributed by atoms with E-state index < -0.39 is 110 Å². The van der Waals surface area contributed by atoms with Crippen LogP contribution >= 0.6 is 0 Å². The van der Waals surface area contributed by atoms with Crippen LogP contribution < -0.4 is 0 Å². The molecule has 21 heteroatoms. The Labute approximate surface area is 209 Å². The van der Waals surface area contributed by atoms with Gasteiger partial charge < -0.3 is 40.9 Å². The fraction of sp³-hybridized carbons (Fsp3) is 0.500. The molecule has 0 rings (SSSR count). The molecule has 33 heavy (non-hydrogen) atoms. The van der Waals surface area contributed by atoms with Crippen molar-refractivity contribution >= 4 is 35.8 Å². The van der Waals surface area contributed by atoms with E-state index in [9.17, 15) is 28.8 Å². The van der Waals surface area contributed by atoms with Crippen LogP contribution in [0.3, 0.4) is 0 Å². The second-order valence-corrected chi connectivity index (χ2v) is 5.76. The van der Waals surface area contributed by atoms with E-state index in [0.717, 1.165) is 0 Å². The standard InChI is InChI=1S/2C6H8O7.Co.2Mo.4O/c2*7-3(8)1-6(13,5(11)12)2-4(9)10;;;;;;;/h2*13H,1-2H2,(H,7,8)(H,9,10)(H,11,12);;;;;;;. The van der Waals surface area contributed by atoms with Gasteiger partial charge in [0.05, 0.1) is 25.7 Å². The maximum atomic E-state index is 10.3. The van der Waals surface area contributed by atoms with Crippen molar-refractivity contribution in [3.63, 3.8) is 0 Å². The molecule has 0 unspecified atom stereocenters. The van der Waals surface area contributed by atoms with Crippen molar-refractivity contribution in [3.05, 3.63) is 0 Å². The van der Waals surface area contributed by atoms with E-state index in [1.807, 2.05) is 0 Å². The number of carboxylic acid groups (broad SMARTS) is 6. The Hall–Kier alpha value is -2.18. The number of hydrogen-bond donors (Lipinski definition) is 8. The van der Waals surface area contributed by atoms with Gasteiger partial charge in [0.1, 0.15) is 0 Å². The molecule has 0 aliphatic carbocycles. The first kappa shape index (κ1) is 41.1. The molecule has 8 N–H and O–H groups in total. The summed E-state index contributed by atoms with van der Waals surface area (Å²) in [5.74, 6) is -10.0. The zero-order valence-corrected chi connectivity index (χ0v) is 20.7. The van der Waals surface area contributed by atoms with Crippen LogP contribution in [0.4, 0.5) is 0 Å². The first-order chi connectivity index (χ1) is 14.4. The Morgan fingerprint density at radius 3 is 0.667 bits per heavy atom. The normalized spacial score (nSPS) is 9.27. The molecule has 1 radical (unpaired) electrons. The van der Waals surface area contributed by atoms with E-state index >= 15 is 0 Å². The summed E-state index contributed by atoms with van der Waals surface area (Å²) >= 11 is -4.06. The number of carbonyl (C=O) groups is 6. The number of hydrogen-bond acceptors (Lipinski definition) is 12. The minimum atomic E-state index is -2.74. The van der Waals surface area contributed by atoms with Gasteiger partial charge in [0.25, 0.3) is 0 Å². The summed E-state index contributed by atoms with van der Waals surface area (Å²) in [4.78, 5) is 61.0. The van der Waals surface area contributed by atoms with Gasteiger partial charge in [-0.05, 0) is 0 Å². The van der Waals surface area contributed by atoms with Gasteiger partial charge in [0.15, 0.2) is 11.2 Å². The molecule has 0 aromatic carbocycles. The van der Waals surface area contributed by atoms with E-state index in [1.165, 1.54) is 0 Å². The number of carboxylic acids is 6. The van der Waals surface area contributed by atoms with E-state index in [0.29, 0.717) is 0 Å². The SMILES string of the molecule is O=C(O)CC(O)(CC(=O)O)C(=O)O.O=C(O)CC(O)(CC(=O)O)C(=O)O.[Co].[O]=[Mo]=[O].[O]=[Mo]=[O]. The van der Waals surface area contributed by atoms with Crippen molar-refractivity contribution < 1.29 is 137 Å². The van der Waals surface area contributed by atoms with Crippen molar-refractivity contribution in [2.45, 2.75) is 36.9 Å². The molecule has 0 spiro atoms. The van der Waals surface area contributed by atoms with Crippen molar-refractivity contribution in [3.8, 4) is 0 Å². The van der Waals surface area contributed by atoms with Gasteiger partial charge in [0, 0.05) is 16.8 Å². The Morgan fingerprint density at radius 1 is 0.485 bits per heavy atom. The first-order valence-corrected chi connectivity index (χ1v) is 10.3. The molecule has 0 bridgehead atoms. The van der Waals surface area contributed by atoms with Crippen LogP contribution in [0.2, 0.25) is 0 Å². The fourth-order valence-electron chi connectivity index (χ4n) is 1.43. The van der Waals surface area contributed by atoms with Crippen LogP contribution in [0.25, 0.3) is 0 Å². The van der Waals surface area contributed by atoms with Gasteiger partial charge in [-0.1, -0.05) is 0 Å².